The summed E-state index contributed by atoms with van der Waals surface area (Å²) in [6, 6.07) is 19.0. The molecular formula is C19H22O. The minimum Gasteiger partial charge on any atom is -0.385 e. The van der Waals surface area contributed by atoms with Gasteiger partial charge < -0.3 is 5.11 Å². The maximum Gasteiger partial charge on any atom is 0.0897 e. The lowest BCUT2D eigenvalue weighted by molar-refractivity contribution is -0.00566. The molecule has 1 nitrogen and oxygen atoms in total. The van der Waals surface area contributed by atoms with Crippen LogP contribution >= 0.6 is 0 Å². The van der Waals surface area contributed by atoms with Crippen LogP contribution in [-0.4, -0.2) is 5.11 Å². The van der Waals surface area contributed by atoms with Crippen LogP contribution in [0.3, 0.4) is 0 Å². The van der Waals surface area contributed by atoms with Crippen LogP contribution in [0, 0.1) is 6.92 Å². The van der Waals surface area contributed by atoms with Crippen LogP contribution in [0.2, 0.25) is 0 Å². The van der Waals surface area contributed by atoms with E-state index in [-0.39, 0.29) is 0 Å². The predicted molar refractivity (Wildman–Crippen MR) is 82.7 cm³/mol. The van der Waals surface area contributed by atoms with Crippen LogP contribution in [0.25, 0.3) is 0 Å². The molecule has 1 saturated carbocycles. The molecule has 2 aromatic carbocycles. The fourth-order valence-electron chi connectivity index (χ4n) is 3.31. The van der Waals surface area contributed by atoms with Crippen LogP contribution in [0.1, 0.15) is 48.3 Å². The lowest BCUT2D eigenvalue weighted by Crippen LogP contribution is -2.30. The highest BCUT2D eigenvalue weighted by atomic mass is 16.3. The van der Waals surface area contributed by atoms with Gasteiger partial charge in [0.2, 0.25) is 0 Å². The van der Waals surface area contributed by atoms with E-state index in [0.717, 1.165) is 31.2 Å². The summed E-state index contributed by atoms with van der Waals surface area (Å²) < 4.78 is 0. The smallest absolute Gasteiger partial charge is 0.0897 e. The third-order valence-corrected chi connectivity index (χ3v) is 4.67. The second-order valence-corrected chi connectivity index (χ2v) is 6.08. The molecule has 2 aromatic rings. The fourth-order valence-corrected chi connectivity index (χ4v) is 3.31. The lowest BCUT2D eigenvalue weighted by atomic mass is 9.73. The Balaban J connectivity index is 1.73. The molecule has 1 fully saturated rings. The van der Waals surface area contributed by atoms with E-state index in [4.69, 9.17) is 0 Å². The second-order valence-electron chi connectivity index (χ2n) is 6.08. The van der Waals surface area contributed by atoms with Gasteiger partial charge in [-0.3, -0.25) is 0 Å². The molecule has 0 aromatic heterocycles. The predicted octanol–water partition coefficient (Wildman–Crippen LogP) is 4.54. The molecule has 20 heavy (non-hydrogen) atoms. The van der Waals surface area contributed by atoms with Gasteiger partial charge in [-0.1, -0.05) is 60.2 Å². The Labute approximate surface area is 121 Å². The number of aryl methyl sites for hydroxylation is 1. The van der Waals surface area contributed by atoms with E-state index in [9.17, 15) is 5.11 Å². The first-order valence-electron chi connectivity index (χ1n) is 7.52. The summed E-state index contributed by atoms with van der Waals surface area (Å²) in [4.78, 5) is 0. The number of aliphatic hydroxyl groups is 1. The molecule has 104 valence electrons. The molecule has 0 spiro atoms. The van der Waals surface area contributed by atoms with Gasteiger partial charge in [0.15, 0.2) is 0 Å². The third kappa shape index (κ3) is 2.64. The van der Waals surface area contributed by atoms with Gasteiger partial charge in [-0.2, -0.15) is 0 Å². The van der Waals surface area contributed by atoms with Gasteiger partial charge in [0.05, 0.1) is 5.60 Å². The molecule has 0 heterocycles. The zero-order valence-corrected chi connectivity index (χ0v) is 12.0. The zero-order chi connectivity index (χ0) is 14.0. The van der Waals surface area contributed by atoms with Crippen LogP contribution in [0.15, 0.2) is 54.6 Å². The number of hydrogen-bond donors (Lipinski definition) is 1. The number of benzene rings is 2. The lowest BCUT2D eigenvalue weighted by Gasteiger charge is -2.36. The summed E-state index contributed by atoms with van der Waals surface area (Å²) in [5, 5.41) is 10.9. The molecule has 0 unspecified atom stereocenters. The van der Waals surface area contributed by atoms with E-state index >= 15 is 0 Å². The van der Waals surface area contributed by atoms with Crippen LogP contribution in [-0.2, 0) is 5.60 Å². The summed E-state index contributed by atoms with van der Waals surface area (Å²) in [6.45, 7) is 2.08. The van der Waals surface area contributed by atoms with Crippen LogP contribution in [0.5, 0.6) is 0 Å². The molecule has 1 heteroatoms. The van der Waals surface area contributed by atoms with E-state index < -0.39 is 5.60 Å². The SMILES string of the molecule is Cc1ccc(C2(O)CCC(c3ccccc3)CC2)cc1. The zero-order valence-electron chi connectivity index (χ0n) is 12.0. The number of rotatable bonds is 2. The van der Waals surface area contributed by atoms with E-state index in [0.29, 0.717) is 5.92 Å². The van der Waals surface area contributed by atoms with E-state index in [1.54, 1.807) is 0 Å². The van der Waals surface area contributed by atoms with Crippen molar-refractivity contribution in [1.82, 2.24) is 0 Å². The summed E-state index contributed by atoms with van der Waals surface area (Å²) in [5.74, 6) is 0.599. The molecule has 3 rings (SSSR count). The van der Waals surface area contributed by atoms with Crippen molar-refractivity contribution in [3.8, 4) is 0 Å². The molecular weight excluding hydrogens is 244 g/mol. The average Bonchev–Trinajstić information content (AvgIpc) is 2.49. The fraction of sp³-hybridized carbons (Fsp3) is 0.368. The molecule has 0 amide bonds. The van der Waals surface area contributed by atoms with E-state index in [2.05, 4.69) is 61.5 Å². The van der Waals surface area contributed by atoms with E-state index in [1.165, 1.54) is 11.1 Å². The normalized spacial score (nSPS) is 26.4. The molecule has 0 aliphatic heterocycles. The minimum absolute atomic E-state index is 0.599. The minimum atomic E-state index is -0.626. The van der Waals surface area contributed by atoms with Gasteiger partial charge in [0, 0.05) is 0 Å². The highest BCUT2D eigenvalue weighted by Gasteiger charge is 2.34. The van der Waals surface area contributed by atoms with Crippen LogP contribution < -0.4 is 0 Å². The van der Waals surface area contributed by atoms with Crippen molar-refractivity contribution in [3.63, 3.8) is 0 Å². The molecule has 1 aliphatic rings. The quantitative estimate of drug-likeness (QED) is 0.846. The van der Waals surface area contributed by atoms with Crippen molar-refractivity contribution in [2.24, 2.45) is 0 Å². The Morgan fingerprint density at radius 2 is 1.50 bits per heavy atom. The van der Waals surface area contributed by atoms with Crippen molar-refractivity contribution in [2.45, 2.75) is 44.1 Å². The van der Waals surface area contributed by atoms with Crippen molar-refractivity contribution in [2.75, 3.05) is 0 Å². The Morgan fingerprint density at radius 1 is 0.900 bits per heavy atom. The third-order valence-electron chi connectivity index (χ3n) is 4.67. The van der Waals surface area contributed by atoms with Crippen molar-refractivity contribution in [1.29, 1.82) is 0 Å². The standard InChI is InChI=1S/C19H22O/c1-15-7-9-18(10-8-15)19(20)13-11-17(12-14-19)16-5-3-2-4-6-16/h2-10,17,20H,11-14H2,1H3. The van der Waals surface area contributed by atoms with Crippen LogP contribution in [0.4, 0.5) is 0 Å². The Kier molecular flexibility index (Phi) is 3.62. The van der Waals surface area contributed by atoms with Crippen molar-refractivity contribution < 1.29 is 5.11 Å². The summed E-state index contributed by atoms with van der Waals surface area (Å²) in [5.41, 5.74) is 3.11. The first kappa shape index (κ1) is 13.4. The highest BCUT2D eigenvalue weighted by molar-refractivity contribution is 5.28. The van der Waals surface area contributed by atoms with Gasteiger partial charge in [-0.15, -0.1) is 0 Å². The van der Waals surface area contributed by atoms with Gasteiger partial charge in [0.25, 0.3) is 0 Å². The Morgan fingerprint density at radius 3 is 2.10 bits per heavy atom. The molecule has 0 radical (unpaired) electrons. The monoisotopic (exact) mass is 266 g/mol. The summed E-state index contributed by atoms with van der Waals surface area (Å²) >= 11 is 0. The van der Waals surface area contributed by atoms with Gasteiger partial charge in [-0.05, 0) is 49.7 Å². The molecule has 0 bridgehead atoms. The first-order valence-corrected chi connectivity index (χ1v) is 7.52. The maximum absolute atomic E-state index is 10.9. The summed E-state index contributed by atoms with van der Waals surface area (Å²) in [6.07, 6.45) is 3.84. The largest absolute Gasteiger partial charge is 0.385 e. The molecule has 0 saturated heterocycles. The summed E-state index contributed by atoms with van der Waals surface area (Å²) in [7, 11) is 0. The topological polar surface area (TPSA) is 20.2 Å². The van der Waals surface area contributed by atoms with Crippen molar-refractivity contribution in [3.05, 3.63) is 71.3 Å². The Bertz CT molecular complexity index is 548. The number of hydrogen-bond acceptors (Lipinski definition) is 1. The van der Waals surface area contributed by atoms with Gasteiger partial charge in [-0.25, -0.2) is 0 Å². The molecule has 1 N–H and O–H groups in total. The van der Waals surface area contributed by atoms with Gasteiger partial charge >= 0.3 is 0 Å². The maximum atomic E-state index is 10.9. The van der Waals surface area contributed by atoms with Gasteiger partial charge in [0.1, 0.15) is 0 Å². The van der Waals surface area contributed by atoms with Crippen molar-refractivity contribution >= 4 is 0 Å². The average molecular weight is 266 g/mol. The molecule has 1 aliphatic carbocycles. The second kappa shape index (κ2) is 5.41. The highest BCUT2D eigenvalue weighted by Crippen LogP contribution is 2.43. The molecule has 0 atom stereocenters. The van der Waals surface area contributed by atoms with E-state index in [1.807, 2.05) is 0 Å². The first-order chi connectivity index (χ1) is 9.67. The Hall–Kier alpha value is -1.60.